The van der Waals surface area contributed by atoms with E-state index < -0.39 is 32.4 Å². The third kappa shape index (κ3) is 6.39. The van der Waals surface area contributed by atoms with E-state index in [0.717, 1.165) is 24.0 Å². The first-order chi connectivity index (χ1) is 14.6. The van der Waals surface area contributed by atoms with Crippen molar-refractivity contribution < 1.29 is 26.3 Å². The summed E-state index contributed by atoms with van der Waals surface area (Å²) in [5.74, 6) is -1.89. The minimum atomic E-state index is -3.47. The van der Waals surface area contributed by atoms with Gasteiger partial charge in [0.05, 0.1) is 29.9 Å². The maximum atomic E-state index is 14.2. The molecule has 1 saturated heterocycles. The number of non-ortho nitro benzene ring substituents is 1. The third-order valence-corrected chi connectivity index (χ3v) is 5.44. The van der Waals surface area contributed by atoms with Crippen LogP contribution in [0.2, 0.25) is 0 Å². The van der Waals surface area contributed by atoms with Crippen molar-refractivity contribution in [2.75, 3.05) is 43.9 Å². The molecular weight excluding hydrogens is 434 g/mol. The molecule has 0 radical (unpaired) electrons. The molecule has 0 spiro atoms. The van der Waals surface area contributed by atoms with Crippen molar-refractivity contribution in [1.29, 1.82) is 0 Å². The number of piperazine rings is 1. The Morgan fingerprint density at radius 1 is 1.16 bits per heavy atom. The van der Waals surface area contributed by atoms with E-state index in [0.29, 0.717) is 44.8 Å². The highest BCUT2D eigenvalue weighted by atomic mass is 32.2. The minimum absolute atomic E-state index is 0.0307. The molecule has 0 bridgehead atoms. The second kappa shape index (κ2) is 9.62. The topological polar surface area (TPSA) is 106 Å². The van der Waals surface area contributed by atoms with Gasteiger partial charge in [0.1, 0.15) is 5.69 Å². The lowest BCUT2D eigenvalue weighted by atomic mass is 10.2. The average molecular weight is 456 g/mol. The fourth-order valence-electron chi connectivity index (χ4n) is 3.34. The molecule has 1 aliphatic rings. The molecule has 2 aromatic rings. The van der Waals surface area contributed by atoms with Gasteiger partial charge >= 0.3 is 0 Å². The van der Waals surface area contributed by atoms with Gasteiger partial charge in [0.2, 0.25) is 0 Å². The number of hydrogen-bond donors (Lipinski definition) is 0. The van der Waals surface area contributed by atoms with Crippen LogP contribution in [0.3, 0.4) is 0 Å². The average Bonchev–Trinajstić information content (AvgIpc) is 2.69. The molecule has 1 aromatic heterocycles. The number of benzene rings is 1. The number of nitrogens with zero attached hydrogens (tertiary/aromatic N) is 4. The Balaban J connectivity index is 1.53. The number of halogens is 2. The quantitative estimate of drug-likeness (QED) is 0.338. The van der Waals surface area contributed by atoms with Crippen LogP contribution in [0.25, 0.3) is 0 Å². The summed E-state index contributed by atoms with van der Waals surface area (Å²) in [5.41, 5.74) is 0.805. The molecule has 0 saturated carbocycles. The van der Waals surface area contributed by atoms with Crippen molar-refractivity contribution in [2.45, 2.75) is 13.0 Å². The van der Waals surface area contributed by atoms with Crippen LogP contribution >= 0.6 is 0 Å². The summed E-state index contributed by atoms with van der Waals surface area (Å²) in [6.45, 7) is 2.49. The Morgan fingerprint density at radius 2 is 1.81 bits per heavy atom. The lowest BCUT2D eigenvalue weighted by Crippen LogP contribution is -2.46. The molecule has 12 heteroatoms. The molecule has 9 nitrogen and oxygen atoms in total. The molecule has 1 aromatic carbocycles. The van der Waals surface area contributed by atoms with Gasteiger partial charge in [-0.05, 0) is 11.6 Å². The van der Waals surface area contributed by atoms with E-state index in [4.69, 9.17) is 4.18 Å². The zero-order chi connectivity index (χ0) is 22.6. The maximum Gasteiger partial charge on any atom is 0.275 e. The van der Waals surface area contributed by atoms with Crippen molar-refractivity contribution in [3.63, 3.8) is 0 Å². The van der Waals surface area contributed by atoms with Crippen LogP contribution in [0.4, 0.5) is 20.2 Å². The third-order valence-electron chi connectivity index (χ3n) is 4.85. The van der Waals surface area contributed by atoms with Crippen LogP contribution in [0.1, 0.15) is 11.3 Å². The standard InChI is InChI=1S/C19H22F2N4O5S/c1-31(28,29)30-9-4-15-3-2-14(12-22-15)13-23-5-7-24(8-6-23)19-17(20)10-16(25(26)27)11-18(19)21/h2-3,10-12H,4-9,13H2,1H3. The molecule has 168 valence electrons. The number of hydrogen-bond acceptors (Lipinski definition) is 8. The van der Waals surface area contributed by atoms with Gasteiger partial charge in [-0.1, -0.05) is 6.07 Å². The lowest BCUT2D eigenvalue weighted by Gasteiger charge is -2.36. The van der Waals surface area contributed by atoms with Crippen molar-refractivity contribution in [3.8, 4) is 0 Å². The predicted octanol–water partition coefficient (Wildman–Crippen LogP) is 2.11. The molecule has 0 amide bonds. The molecule has 1 fully saturated rings. The fraction of sp³-hybridized carbons (Fsp3) is 0.421. The number of rotatable bonds is 8. The van der Waals surface area contributed by atoms with Crippen LogP contribution in [0.15, 0.2) is 30.5 Å². The lowest BCUT2D eigenvalue weighted by molar-refractivity contribution is -0.385. The van der Waals surface area contributed by atoms with Crippen molar-refractivity contribution >= 4 is 21.5 Å². The van der Waals surface area contributed by atoms with Crippen molar-refractivity contribution in [2.24, 2.45) is 0 Å². The summed E-state index contributed by atoms with van der Waals surface area (Å²) in [6.07, 6.45) is 3.07. The smallest absolute Gasteiger partial charge is 0.275 e. The highest BCUT2D eigenvalue weighted by Crippen LogP contribution is 2.29. The van der Waals surface area contributed by atoms with E-state index in [9.17, 15) is 27.3 Å². The van der Waals surface area contributed by atoms with E-state index in [1.165, 1.54) is 0 Å². The molecule has 0 aliphatic carbocycles. The molecular formula is C19H22F2N4O5S. The van der Waals surface area contributed by atoms with Crippen LogP contribution in [-0.2, 0) is 27.3 Å². The Bertz CT molecular complexity index is 1020. The first-order valence-corrected chi connectivity index (χ1v) is 11.3. The summed E-state index contributed by atoms with van der Waals surface area (Å²) in [7, 11) is -3.47. The zero-order valence-corrected chi connectivity index (χ0v) is 17.6. The van der Waals surface area contributed by atoms with Gasteiger partial charge in [-0.15, -0.1) is 0 Å². The zero-order valence-electron chi connectivity index (χ0n) is 16.8. The van der Waals surface area contributed by atoms with Crippen LogP contribution < -0.4 is 4.90 Å². The Kier molecular flexibility index (Phi) is 7.13. The van der Waals surface area contributed by atoms with Gasteiger partial charge < -0.3 is 4.90 Å². The monoisotopic (exact) mass is 456 g/mol. The van der Waals surface area contributed by atoms with E-state index >= 15 is 0 Å². The van der Waals surface area contributed by atoms with Crippen LogP contribution in [0.5, 0.6) is 0 Å². The highest BCUT2D eigenvalue weighted by molar-refractivity contribution is 7.85. The predicted molar refractivity (Wildman–Crippen MR) is 109 cm³/mol. The Labute approximate surface area is 178 Å². The summed E-state index contributed by atoms with van der Waals surface area (Å²) < 4.78 is 55.1. The van der Waals surface area contributed by atoms with Gasteiger partial charge in [-0.2, -0.15) is 8.42 Å². The molecule has 31 heavy (non-hydrogen) atoms. The van der Waals surface area contributed by atoms with Crippen LogP contribution in [0, 0.1) is 21.7 Å². The molecule has 0 unspecified atom stereocenters. The minimum Gasteiger partial charge on any atom is -0.364 e. The first-order valence-electron chi connectivity index (χ1n) is 9.51. The van der Waals surface area contributed by atoms with Crippen molar-refractivity contribution in [3.05, 3.63) is 63.5 Å². The summed E-state index contributed by atoms with van der Waals surface area (Å²) >= 11 is 0. The van der Waals surface area contributed by atoms with E-state index in [-0.39, 0.29) is 12.3 Å². The molecule has 1 aliphatic heterocycles. The number of pyridine rings is 1. The van der Waals surface area contributed by atoms with E-state index in [2.05, 4.69) is 9.88 Å². The van der Waals surface area contributed by atoms with Crippen molar-refractivity contribution in [1.82, 2.24) is 9.88 Å². The Hall–Kier alpha value is -2.70. The Morgan fingerprint density at radius 3 is 2.32 bits per heavy atom. The normalized spacial score (nSPS) is 15.3. The summed E-state index contributed by atoms with van der Waals surface area (Å²) in [5, 5.41) is 10.7. The highest BCUT2D eigenvalue weighted by Gasteiger charge is 2.25. The van der Waals surface area contributed by atoms with Gasteiger partial charge in [-0.3, -0.25) is 24.2 Å². The molecule has 2 heterocycles. The number of nitro benzene ring substituents is 1. The molecule has 3 rings (SSSR count). The fourth-order valence-corrected chi connectivity index (χ4v) is 3.73. The van der Waals surface area contributed by atoms with E-state index in [1.54, 1.807) is 17.2 Å². The second-order valence-corrected chi connectivity index (χ2v) is 8.86. The van der Waals surface area contributed by atoms with Gasteiger partial charge in [0.25, 0.3) is 15.8 Å². The number of anilines is 1. The summed E-state index contributed by atoms with van der Waals surface area (Å²) in [4.78, 5) is 17.9. The van der Waals surface area contributed by atoms with E-state index in [1.807, 2.05) is 6.07 Å². The van der Waals surface area contributed by atoms with Gasteiger partial charge in [0, 0.05) is 51.0 Å². The maximum absolute atomic E-state index is 14.2. The molecule has 0 atom stereocenters. The first kappa shape index (κ1) is 23.0. The van der Waals surface area contributed by atoms with Gasteiger partial charge in [-0.25, -0.2) is 8.78 Å². The number of aromatic nitrogens is 1. The van der Waals surface area contributed by atoms with Crippen LogP contribution in [-0.4, -0.2) is 62.3 Å². The SMILES string of the molecule is CS(=O)(=O)OCCc1ccc(CN2CCN(c3c(F)cc([N+](=O)[O-])cc3F)CC2)cn1. The molecule has 0 N–H and O–H groups in total. The second-order valence-electron chi connectivity index (χ2n) is 7.21. The van der Waals surface area contributed by atoms with Gasteiger partial charge in [0.15, 0.2) is 11.6 Å². The largest absolute Gasteiger partial charge is 0.364 e. The number of nitro groups is 1. The summed E-state index contributed by atoms with van der Waals surface area (Å²) in [6, 6.07) is 5.17.